The van der Waals surface area contributed by atoms with Gasteiger partial charge in [-0.1, -0.05) is 31.7 Å². The topological polar surface area (TPSA) is 12.4 Å². The van der Waals surface area contributed by atoms with Crippen molar-refractivity contribution in [3.05, 3.63) is 36.4 Å². The Hall–Kier alpha value is -1.37. The normalized spacial score (nSPS) is 10.6. The third kappa shape index (κ3) is 2.28. The molecule has 0 fully saturated rings. The summed E-state index contributed by atoms with van der Waals surface area (Å²) in [5.41, 5.74) is 3.31. The van der Waals surface area contributed by atoms with Gasteiger partial charge in [-0.2, -0.15) is 0 Å². The Labute approximate surface area is 79.8 Å². The molecular weight excluding hydrogens is 158 g/mol. The molecule has 0 radical (unpaired) electrons. The molecule has 1 aromatic carbocycles. The fraction of sp³-hybridized carbons (Fsp3) is 0.250. The van der Waals surface area contributed by atoms with Gasteiger partial charge in [0.05, 0.1) is 5.69 Å². The van der Waals surface area contributed by atoms with E-state index in [1.807, 2.05) is 31.3 Å². The fourth-order valence-electron chi connectivity index (χ4n) is 1.21. The lowest BCUT2D eigenvalue weighted by Gasteiger charge is -2.05. The van der Waals surface area contributed by atoms with Gasteiger partial charge in [-0.15, -0.1) is 0 Å². The van der Waals surface area contributed by atoms with Crippen LogP contribution < -0.4 is 0 Å². The summed E-state index contributed by atoms with van der Waals surface area (Å²) in [6.45, 7) is 8.04. The van der Waals surface area contributed by atoms with Gasteiger partial charge in [-0.25, -0.2) is 0 Å². The second kappa shape index (κ2) is 4.61. The maximum Gasteiger partial charge on any atom is 0.0700 e. The summed E-state index contributed by atoms with van der Waals surface area (Å²) in [5, 5.41) is 0. The quantitative estimate of drug-likeness (QED) is 0.616. The van der Waals surface area contributed by atoms with Crippen LogP contribution in [0.5, 0.6) is 0 Å². The largest absolute Gasteiger partial charge is 0.261 e. The Morgan fingerprint density at radius 2 is 2.15 bits per heavy atom. The van der Waals surface area contributed by atoms with E-state index in [0.717, 1.165) is 23.2 Å². The van der Waals surface area contributed by atoms with E-state index < -0.39 is 0 Å². The Morgan fingerprint density at radius 1 is 1.46 bits per heavy atom. The number of allylic oxidation sites excluding steroid dienone is 1. The Kier molecular flexibility index (Phi) is 3.44. The average molecular weight is 173 g/mol. The number of nitrogens with zero attached hydrogens (tertiary/aromatic N) is 1. The molecule has 0 aliphatic rings. The van der Waals surface area contributed by atoms with E-state index >= 15 is 0 Å². The third-order valence-electron chi connectivity index (χ3n) is 1.98. The summed E-state index contributed by atoms with van der Waals surface area (Å²) in [4.78, 5) is 4.29. The van der Waals surface area contributed by atoms with E-state index in [9.17, 15) is 0 Å². The van der Waals surface area contributed by atoms with Crippen LogP contribution in [0.2, 0.25) is 0 Å². The second-order valence-electron chi connectivity index (χ2n) is 2.86. The van der Waals surface area contributed by atoms with Gasteiger partial charge in [-0.05, 0) is 25.0 Å². The van der Waals surface area contributed by atoms with Gasteiger partial charge < -0.3 is 0 Å². The zero-order valence-corrected chi connectivity index (χ0v) is 8.25. The van der Waals surface area contributed by atoms with Crippen LogP contribution in [-0.4, -0.2) is 6.21 Å². The SMILES string of the molecule is C=C(CC)c1ccccc1N=CC. The molecule has 13 heavy (non-hydrogen) atoms. The van der Waals surface area contributed by atoms with Crippen molar-refractivity contribution in [2.24, 2.45) is 4.99 Å². The Balaban J connectivity index is 3.11. The molecule has 1 rings (SSSR count). The molecule has 0 amide bonds. The predicted molar refractivity (Wildman–Crippen MR) is 59.6 cm³/mol. The van der Waals surface area contributed by atoms with Crippen molar-refractivity contribution in [1.82, 2.24) is 0 Å². The van der Waals surface area contributed by atoms with E-state index in [4.69, 9.17) is 0 Å². The van der Waals surface area contributed by atoms with E-state index in [1.165, 1.54) is 0 Å². The molecule has 68 valence electrons. The molecule has 0 atom stereocenters. The van der Waals surface area contributed by atoms with Crippen LogP contribution >= 0.6 is 0 Å². The lowest BCUT2D eigenvalue weighted by molar-refractivity contribution is 1.24. The van der Waals surface area contributed by atoms with E-state index in [0.29, 0.717) is 0 Å². The van der Waals surface area contributed by atoms with Gasteiger partial charge in [0.15, 0.2) is 0 Å². The average Bonchev–Trinajstić information content (AvgIpc) is 2.18. The van der Waals surface area contributed by atoms with Gasteiger partial charge in [0, 0.05) is 11.8 Å². The Bertz CT molecular complexity index is 324. The first-order chi connectivity index (χ1) is 6.29. The van der Waals surface area contributed by atoms with Crippen molar-refractivity contribution < 1.29 is 0 Å². The third-order valence-corrected chi connectivity index (χ3v) is 1.98. The van der Waals surface area contributed by atoms with Crippen LogP contribution in [-0.2, 0) is 0 Å². The van der Waals surface area contributed by atoms with Crippen LogP contribution in [0.25, 0.3) is 5.57 Å². The molecule has 0 saturated carbocycles. The molecule has 0 unspecified atom stereocenters. The first-order valence-electron chi connectivity index (χ1n) is 4.55. The molecule has 0 aliphatic carbocycles. The maximum absolute atomic E-state index is 4.29. The molecule has 0 aliphatic heterocycles. The van der Waals surface area contributed by atoms with Gasteiger partial charge in [-0.3, -0.25) is 4.99 Å². The summed E-state index contributed by atoms with van der Waals surface area (Å²) in [6, 6.07) is 8.09. The smallest absolute Gasteiger partial charge is 0.0700 e. The van der Waals surface area contributed by atoms with E-state index in [2.05, 4.69) is 24.6 Å². The number of aliphatic imine (C=N–C) groups is 1. The van der Waals surface area contributed by atoms with Gasteiger partial charge in [0.1, 0.15) is 0 Å². The summed E-state index contributed by atoms with van der Waals surface area (Å²) in [5.74, 6) is 0. The number of benzene rings is 1. The van der Waals surface area contributed by atoms with Crippen molar-refractivity contribution in [2.75, 3.05) is 0 Å². The second-order valence-corrected chi connectivity index (χ2v) is 2.86. The van der Waals surface area contributed by atoms with Crippen LogP contribution in [0, 0.1) is 0 Å². The molecule has 0 saturated heterocycles. The number of rotatable bonds is 3. The minimum absolute atomic E-state index is 0.968. The highest BCUT2D eigenvalue weighted by molar-refractivity contribution is 5.75. The monoisotopic (exact) mass is 173 g/mol. The summed E-state index contributed by atoms with van der Waals surface area (Å²) < 4.78 is 0. The molecule has 0 aromatic heterocycles. The minimum Gasteiger partial charge on any atom is -0.261 e. The Morgan fingerprint density at radius 3 is 2.77 bits per heavy atom. The lowest BCUT2D eigenvalue weighted by Crippen LogP contribution is -1.81. The van der Waals surface area contributed by atoms with Crippen molar-refractivity contribution >= 4 is 17.5 Å². The van der Waals surface area contributed by atoms with E-state index in [1.54, 1.807) is 0 Å². The molecule has 0 N–H and O–H groups in total. The van der Waals surface area contributed by atoms with E-state index in [-0.39, 0.29) is 0 Å². The van der Waals surface area contributed by atoms with Crippen molar-refractivity contribution in [3.8, 4) is 0 Å². The predicted octanol–water partition coefficient (Wildman–Crippen LogP) is 3.83. The van der Waals surface area contributed by atoms with Crippen molar-refractivity contribution in [2.45, 2.75) is 20.3 Å². The highest BCUT2D eigenvalue weighted by Crippen LogP contribution is 2.26. The number of hydrogen-bond donors (Lipinski definition) is 0. The summed E-state index contributed by atoms with van der Waals surface area (Å²) in [6.07, 6.45) is 2.78. The van der Waals surface area contributed by atoms with Gasteiger partial charge in [0.2, 0.25) is 0 Å². The molecule has 1 heteroatoms. The zero-order valence-electron chi connectivity index (χ0n) is 8.25. The standard InChI is InChI=1S/C12H15N/c1-4-10(3)11-8-6-7-9-12(11)13-5-2/h5-9H,3-4H2,1-2H3. The molecule has 0 bridgehead atoms. The van der Waals surface area contributed by atoms with Crippen LogP contribution in [0.15, 0.2) is 35.8 Å². The molecule has 0 heterocycles. The summed E-state index contributed by atoms with van der Waals surface area (Å²) >= 11 is 0. The summed E-state index contributed by atoms with van der Waals surface area (Å²) in [7, 11) is 0. The lowest BCUT2D eigenvalue weighted by atomic mass is 10.0. The fourth-order valence-corrected chi connectivity index (χ4v) is 1.21. The molecule has 1 nitrogen and oxygen atoms in total. The van der Waals surface area contributed by atoms with Crippen molar-refractivity contribution in [1.29, 1.82) is 0 Å². The van der Waals surface area contributed by atoms with Gasteiger partial charge >= 0.3 is 0 Å². The molecular formula is C12H15N. The number of hydrogen-bond acceptors (Lipinski definition) is 1. The minimum atomic E-state index is 0.968. The van der Waals surface area contributed by atoms with Crippen LogP contribution in [0.3, 0.4) is 0 Å². The van der Waals surface area contributed by atoms with Crippen molar-refractivity contribution in [3.63, 3.8) is 0 Å². The highest BCUT2D eigenvalue weighted by Gasteiger charge is 2.00. The van der Waals surface area contributed by atoms with Gasteiger partial charge in [0.25, 0.3) is 0 Å². The number of para-hydroxylation sites is 1. The zero-order chi connectivity index (χ0) is 9.68. The molecule has 1 aromatic rings. The maximum atomic E-state index is 4.29. The first-order valence-corrected chi connectivity index (χ1v) is 4.55. The first kappa shape index (κ1) is 9.72. The molecule has 0 spiro atoms. The highest BCUT2D eigenvalue weighted by atomic mass is 14.7. The van der Waals surface area contributed by atoms with Crippen LogP contribution in [0.1, 0.15) is 25.8 Å². The van der Waals surface area contributed by atoms with Crippen LogP contribution in [0.4, 0.5) is 5.69 Å².